The van der Waals surface area contributed by atoms with Crippen LogP contribution in [0.2, 0.25) is 0 Å². The second kappa shape index (κ2) is 7.80. The molecule has 0 aromatic heterocycles. The van der Waals surface area contributed by atoms with Gasteiger partial charge in [0.2, 0.25) is 0 Å². The Morgan fingerprint density at radius 3 is 2.81 bits per heavy atom. The Hall–Kier alpha value is -1.85. The molecular weight excluding hydrogens is 330 g/mol. The number of carbonyl (C=O) groups excluding carboxylic acids is 1. The highest BCUT2D eigenvalue weighted by Gasteiger charge is 2.55. The van der Waals surface area contributed by atoms with E-state index in [0.29, 0.717) is 26.2 Å². The number of anilines is 1. The lowest BCUT2D eigenvalue weighted by Crippen LogP contribution is -2.31. The normalized spacial score (nSPS) is 26.1. The summed E-state index contributed by atoms with van der Waals surface area (Å²) in [6.45, 7) is 9.26. The molecule has 0 spiro atoms. The highest BCUT2D eigenvalue weighted by atomic mass is 16.5. The summed E-state index contributed by atoms with van der Waals surface area (Å²) in [6, 6.07) is 8.05. The van der Waals surface area contributed by atoms with Crippen LogP contribution in [-0.2, 0) is 20.7 Å². The average molecular weight is 359 g/mol. The molecule has 0 bridgehead atoms. The summed E-state index contributed by atoms with van der Waals surface area (Å²) in [4.78, 5) is 12.4. The van der Waals surface area contributed by atoms with E-state index in [1.54, 1.807) is 0 Å². The summed E-state index contributed by atoms with van der Waals surface area (Å²) in [7, 11) is 0. The first-order valence-electron chi connectivity index (χ1n) is 9.35. The minimum atomic E-state index is -0.547. The van der Waals surface area contributed by atoms with E-state index in [9.17, 15) is 9.90 Å². The van der Waals surface area contributed by atoms with Crippen LogP contribution in [0.3, 0.4) is 0 Å². The van der Waals surface area contributed by atoms with Gasteiger partial charge in [0.1, 0.15) is 0 Å². The quantitative estimate of drug-likeness (QED) is 0.552. The number of aliphatic hydroxyl groups is 1. The van der Waals surface area contributed by atoms with Crippen LogP contribution in [0.25, 0.3) is 0 Å². The molecule has 5 heteroatoms. The van der Waals surface area contributed by atoms with Gasteiger partial charge in [-0.15, -0.1) is 0 Å². The fourth-order valence-electron chi connectivity index (χ4n) is 3.97. The van der Waals surface area contributed by atoms with E-state index in [1.165, 1.54) is 0 Å². The topological polar surface area (TPSA) is 67.8 Å². The Morgan fingerprint density at radius 2 is 2.12 bits per heavy atom. The lowest BCUT2D eigenvalue weighted by Gasteiger charge is -2.24. The zero-order chi connectivity index (χ0) is 18.7. The number of ether oxygens (including phenoxy) is 2. The number of fused-ring (bicyclic) bond motifs is 1. The van der Waals surface area contributed by atoms with E-state index >= 15 is 0 Å². The van der Waals surface area contributed by atoms with Crippen LogP contribution in [0.5, 0.6) is 0 Å². The molecule has 3 unspecified atom stereocenters. The van der Waals surface area contributed by atoms with Gasteiger partial charge in [-0.1, -0.05) is 24.3 Å². The Kier molecular flexibility index (Phi) is 5.68. The highest BCUT2D eigenvalue weighted by Crippen LogP contribution is 2.52. The number of esters is 1. The van der Waals surface area contributed by atoms with Crippen LogP contribution in [-0.4, -0.2) is 43.0 Å². The molecular formula is C21H29NO4. The molecule has 1 aromatic rings. The third kappa shape index (κ3) is 4.10. The van der Waals surface area contributed by atoms with Gasteiger partial charge in [0.25, 0.3) is 0 Å². The molecule has 1 aliphatic heterocycles. The number of benzene rings is 1. The third-order valence-corrected chi connectivity index (χ3v) is 5.34. The number of carbonyl (C=O) groups is 1. The molecule has 1 aromatic carbocycles. The Morgan fingerprint density at radius 1 is 1.38 bits per heavy atom. The van der Waals surface area contributed by atoms with Crippen molar-refractivity contribution in [2.24, 2.45) is 11.3 Å². The molecule has 2 fully saturated rings. The summed E-state index contributed by atoms with van der Waals surface area (Å²) < 4.78 is 10.7. The maximum Gasteiger partial charge on any atom is 0.313 e. The van der Waals surface area contributed by atoms with Crippen molar-refractivity contribution in [3.8, 4) is 0 Å². The molecule has 0 radical (unpaired) electrons. The fourth-order valence-corrected chi connectivity index (χ4v) is 3.97. The first-order chi connectivity index (χ1) is 12.4. The monoisotopic (exact) mass is 359 g/mol. The molecule has 1 saturated heterocycles. The zero-order valence-corrected chi connectivity index (χ0v) is 15.7. The number of hydrogen-bond donors (Lipinski definition) is 2. The highest BCUT2D eigenvalue weighted by molar-refractivity contribution is 5.81. The second-order valence-electron chi connectivity index (χ2n) is 7.87. The molecule has 1 saturated carbocycles. The molecule has 2 aliphatic rings. The number of allylic oxidation sites excluding steroid dienone is 1. The first kappa shape index (κ1) is 18.9. The molecule has 26 heavy (non-hydrogen) atoms. The molecule has 1 heterocycles. The Bertz CT molecular complexity index is 654. The SMILES string of the molecule is C=C1CC2COC(=O)C2(Cc2ccc(NCC(O)COC(C)C)cc2)C1. The Balaban J connectivity index is 1.56. The molecule has 1 aliphatic carbocycles. The number of rotatable bonds is 8. The van der Waals surface area contributed by atoms with Crippen molar-refractivity contribution in [3.63, 3.8) is 0 Å². The van der Waals surface area contributed by atoms with Crippen LogP contribution in [0.15, 0.2) is 36.4 Å². The number of hydrogen-bond acceptors (Lipinski definition) is 5. The zero-order valence-electron chi connectivity index (χ0n) is 15.7. The number of cyclic esters (lactones) is 1. The van der Waals surface area contributed by atoms with E-state index < -0.39 is 11.5 Å². The first-order valence-corrected chi connectivity index (χ1v) is 9.35. The summed E-state index contributed by atoms with van der Waals surface area (Å²) >= 11 is 0. The smallest absolute Gasteiger partial charge is 0.313 e. The summed E-state index contributed by atoms with van der Waals surface area (Å²) in [6.07, 6.45) is 1.89. The second-order valence-corrected chi connectivity index (χ2v) is 7.87. The average Bonchev–Trinajstić information content (AvgIpc) is 3.07. The van der Waals surface area contributed by atoms with Crippen LogP contribution in [0, 0.1) is 11.3 Å². The summed E-state index contributed by atoms with van der Waals surface area (Å²) in [5.41, 5.74) is 2.80. The van der Waals surface area contributed by atoms with Gasteiger partial charge in [0, 0.05) is 18.2 Å². The molecule has 142 valence electrons. The van der Waals surface area contributed by atoms with Crippen molar-refractivity contribution in [2.75, 3.05) is 25.1 Å². The molecule has 2 N–H and O–H groups in total. The van der Waals surface area contributed by atoms with Crippen LogP contribution < -0.4 is 5.32 Å². The van der Waals surface area contributed by atoms with E-state index in [0.717, 1.165) is 29.7 Å². The van der Waals surface area contributed by atoms with Crippen molar-refractivity contribution in [1.29, 1.82) is 0 Å². The van der Waals surface area contributed by atoms with Crippen molar-refractivity contribution in [3.05, 3.63) is 42.0 Å². The van der Waals surface area contributed by atoms with Crippen LogP contribution >= 0.6 is 0 Å². The maximum atomic E-state index is 12.4. The van der Waals surface area contributed by atoms with Gasteiger partial charge in [-0.25, -0.2) is 0 Å². The largest absolute Gasteiger partial charge is 0.465 e. The van der Waals surface area contributed by atoms with Crippen molar-refractivity contribution in [1.82, 2.24) is 0 Å². The Labute approximate surface area is 155 Å². The van der Waals surface area contributed by atoms with Gasteiger partial charge in [-0.3, -0.25) is 4.79 Å². The third-order valence-electron chi connectivity index (χ3n) is 5.34. The fraction of sp³-hybridized carbons (Fsp3) is 0.571. The standard InChI is InChI=1S/C21H29NO4/c1-14(2)25-13-19(23)11-22-18-6-4-16(5-7-18)10-21-9-15(3)8-17(21)12-26-20(21)24/h4-7,14,17,19,22-23H,3,8-13H2,1-2H3. The van der Waals surface area contributed by atoms with Crippen LogP contribution in [0.4, 0.5) is 5.69 Å². The van der Waals surface area contributed by atoms with Gasteiger partial charge in [-0.05, 0) is 50.8 Å². The van der Waals surface area contributed by atoms with Crippen molar-refractivity contribution < 1.29 is 19.4 Å². The van der Waals surface area contributed by atoms with Gasteiger partial charge >= 0.3 is 5.97 Å². The lowest BCUT2D eigenvalue weighted by molar-refractivity contribution is -0.146. The van der Waals surface area contributed by atoms with E-state index in [-0.39, 0.29) is 18.0 Å². The van der Waals surface area contributed by atoms with Crippen molar-refractivity contribution in [2.45, 2.75) is 45.3 Å². The van der Waals surface area contributed by atoms with E-state index in [4.69, 9.17) is 9.47 Å². The number of nitrogens with one attached hydrogen (secondary N) is 1. The minimum Gasteiger partial charge on any atom is -0.465 e. The molecule has 5 nitrogen and oxygen atoms in total. The lowest BCUT2D eigenvalue weighted by atomic mass is 9.75. The molecule has 3 rings (SSSR count). The van der Waals surface area contributed by atoms with E-state index in [2.05, 4.69) is 11.9 Å². The van der Waals surface area contributed by atoms with Gasteiger partial charge < -0.3 is 19.9 Å². The minimum absolute atomic E-state index is 0.0726. The summed E-state index contributed by atoms with van der Waals surface area (Å²) in [5.74, 6) is 0.188. The van der Waals surface area contributed by atoms with Gasteiger partial charge in [0.15, 0.2) is 0 Å². The van der Waals surface area contributed by atoms with Gasteiger partial charge in [0.05, 0.1) is 30.8 Å². The maximum absolute atomic E-state index is 12.4. The number of aliphatic hydroxyl groups excluding tert-OH is 1. The van der Waals surface area contributed by atoms with E-state index in [1.807, 2.05) is 38.1 Å². The van der Waals surface area contributed by atoms with Crippen molar-refractivity contribution >= 4 is 11.7 Å². The predicted molar refractivity (Wildman–Crippen MR) is 101 cm³/mol. The summed E-state index contributed by atoms with van der Waals surface area (Å²) in [5, 5.41) is 13.1. The van der Waals surface area contributed by atoms with Gasteiger partial charge in [-0.2, -0.15) is 0 Å². The predicted octanol–water partition coefficient (Wildman–Crippen LogP) is 2.94. The van der Waals surface area contributed by atoms with Crippen LogP contribution in [0.1, 0.15) is 32.3 Å². The molecule has 3 atom stereocenters. The molecule has 0 amide bonds.